The van der Waals surface area contributed by atoms with Crippen molar-refractivity contribution in [1.29, 1.82) is 0 Å². The van der Waals surface area contributed by atoms with E-state index in [9.17, 15) is 9.59 Å². The van der Waals surface area contributed by atoms with E-state index in [0.29, 0.717) is 31.7 Å². The van der Waals surface area contributed by atoms with Crippen molar-refractivity contribution in [2.24, 2.45) is 10.7 Å². The molecule has 0 saturated carbocycles. The van der Waals surface area contributed by atoms with E-state index in [4.69, 9.17) is 10.5 Å². The Morgan fingerprint density at radius 3 is 2.61 bits per heavy atom. The molecule has 0 unspecified atom stereocenters. The van der Waals surface area contributed by atoms with E-state index >= 15 is 0 Å². The fraction of sp³-hybridized carbons (Fsp3) is 0.381. The maximum atomic E-state index is 12.5. The number of ketones is 1. The zero-order valence-corrected chi connectivity index (χ0v) is 16.3. The molecule has 0 atom stereocenters. The minimum absolute atomic E-state index is 0.123. The number of allylic oxidation sites excluding steroid dienone is 3. The monoisotopic (exact) mass is 382 g/mol. The van der Waals surface area contributed by atoms with Gasteiger partial charge in [0.2, 0.25) is 0 Å². The van der Waals surface area contributed by atoms with E-state index in [1.165, 1.54) is 6.21 Å². The number of carbonyl (C=O) groups excluding carboxylic acids is 2. The molecule has 7 heteroatoms. The lowest BCUT2D eigenvalue weighted by molar-refractivity contribution is -0.127. The molecule has 0 aliphatic carbocycles. The van der Waals surface area contributed by atoms with Gasteiger partial charge in [0.25, 0.3) is 0 Å². The van der Waals surface area contributed by atoms with Crippen LogP contribution in [-0.2, 0) is 9.53 Å². The lowest BCUT2D eigenvalue weighted by Gasteiger charge is -2.43. The molecule has 2 aliphatic heterocycles. The summed E-state index contributed by atoms with van der Waals surface area (Å²) in [5, 5.41) is 2.85. The van der Waals surface area contributed by atoms with Gasteiger partial charge in [-0.05, 0) is 18.1 Å². The summed E-state index contributed by atoms with van der Waals surface area (Å²) in [4.78, 5) is 30.4. The Labute approximate surface area is 164 Å². The molecule has 0 aromatic heterocycles. The predicted octanol–water partition coefficient (Wildman–Crippen LogP) is 2.45. The first-order chi connectivity index (χ1) is 13.4. The predicted molar refractivity (Wildman–Crippen MR) is 109 cm³/mol. The van der Waals surface area contributed by atoms with E-state index in [1.54, 1.807) is 18.1 Å². The molecule has 2 amide bonds. The summed E-state index contributed by atoms with van der Waals surface area (Å²) in [6.45, 7) is 2.97. The average Bonchev–Trinajstić information content (AvgIpc) is 2.71. The lowest BCUT2D eigenvalue weighted by atomic mass is 9.84. The Bertz CT molecular complexity index is 834. The van der Waals surface area contributed by atoms with Crippen molar-refractivity contribution in [1.82, 2.24) is 10.2 Å². The molecule has 148 valence electrons. The van der Waals surface area contributed by atoms with Crippen LogP contribution in [0.3, 0.4) is 0 Å². The number of piperidine rings is 1. The first kappa shape index (κ1) is 19.7. The van der Waals surface area contributed by atoms with Gasteiger partial charge in [0.15, 0.2) is 11.5 Å². The van der Waals surface area contributed by atoms with Gasteiger partial charge in [0, 0.05) is 39.2 Å². The molecule has 0 bridgehead atoms. The Morgan fingerprint density at radius 1 is 1.29 bits per heavy atom. The van der Waals surface area contributed by atoms with Crippen molar-refractivity contribution in [2.75, 3.05) is 20.1 Å². The number of amides is 2. The third-order valence-electron chi connectivity index (χ3n) is 5.22. The summed E-state index contributed by atoms with van der Waals surface area (Å²) in [6.07, 6.45) is 4.58. The summed E-state index contributed by atoms with van der Waals surface area (Å²) < 4.78 is 6.04. The molecule has 2 aliphatic rings. The minimum Gasteiger partial charge on any atom is -0.483 e. The van der Waals surface area contributed by atoms with Crippen LogP contribution in [-0.4, -0.2) is 48.7 Å². The van der Waals surface area contributed by atoms with Gasteiger partial charge in [-0.25, -0.2) is 4.79 Å². The molecule has 0 radical (unpaired) electrons. The SMILES string of the molecule is CN=CC1=C(N)C(=O)CC2(CCN(C(=O)N/C=C(\C)c3ccccc3)CC2)O1. The topological polar surface area (TPSA) is 97.0 Å². The van der Waals surface area contributed by atoms with Crippen molar-refractivity contribution in [2.45, 2.75) is 31.8 Å². The fourth-order valence-corrected chi connectivity index (χ4v) is 3.50. The van der Waals surface area contributed by atoms with Crippen molar-refractivity contribution < 1.29 is 14.3 Å². The van der Waals surface area contributed by atoms with Crippen LogP contribution >= 0.6 is 0 Å². The summed E-state index contributed by atoms with van der Waals surface area (Å²) in [5.74, 6) is 0.207. The zero-order valence-electron chi connectivity index (χ0n) is 16.3. The summed E-state index contributed by atoms with van der Waals surface area (Å²) >= 11 is 0. The highest BCUT2D eigenvalue weighted by atomic mass is 16.5. The highest BCUT2D eigenvalue weighted by molar-refractivity contribution is 6.01. The molecule has 3 N–H and O–H groups in total. The van der Waals surface area contributed by atoms with Crippen LogP contribution in [0, 0.1) is 0 Å². The van der Waals surface area contributed by atoms with Crippen LogP contribution in [0.15, 0.2) is 53.0 Å². The average molecular weight is 382 g/mol. The summed E-state index contributed by atoms with van der Waals surface area (Å²) in [6, 6.07) is 9.72. The maximum Gasteiger partial charge on any atom is 0.321 e. The molecule has 1 spiro atoms. The number of urea groups is 1. The largest absolute Gasteiger partial charge is 0.483 e. The van der Waals surface area contributed by atoms with Crippen LogP contribution in [0.2, 0.25) is 0 Å². The zero-order chi connectivity index (χ0) is 20.1. The number of hydrogen-bond donors (Lipinski definition) is 2. The molecular formula is C21H26N4O3. The van der Waals surface area contributed by atoms with Gasteiger partial charge >= 0.3 is 6.03 Å². The normalized spacial score (nSPS) is 19.9. The molecule has 3 rings (SSSR count). The Balaban J connectivity index is 1.59. The molecule has 2 heterocycles. The van der Waals surface area contributed by atoms with Gasteiger partial charge in [0.1, 0.15) is 11.3 Å². The molecule has 1 aromatic carbocycles. The molecule has 1 saturated heterocycles. The second kappa shape index (κ2) is 8.29. The van der Waals surface area contributed by atoms with Crippen LogP contribution in [0.25, 0.3) is 5.57 Å². The first-order valence-corrected chi connectivity index (χ1v) is 9.36. The second-order valence-electron chi connectivity index (χ2n) is 7.18. The highest BCUT2D eigenvalue weighted by Crippen LogP contribution is 2.36. The van der Waals surface area contributed by atoms with Gasteiger partial charge in [-0.15, -0.1) is 0 Å². The standard InChI is InChI=1S/C21H26N4O3/c1-15(16-6-4-3-5-7-16)13-24-20(27)25-10-8-21(9-11-25)12-17(26)19(22)18(28-21)14-23-2/h3-7,13-14H,8-12,22H2,1-2H3,(H,24,27)/b15-13+,23-14?. The first-order valence-electron chi connectivity index (χ1n) is 9.36. The van der Waals surface area contributed by atoms with E-state index in [2.05, 4.69) is 10.3 Å². The van der Waals surface area contributed by atoms with Crippen molar-refractivity contribution in [3.8, 4) is 0 Å². The number of aliphatic imine (C=N–C) groups is 1. The number of nitrogens with one attached hydrogen (secondary N) is 1. The third kappa shape index (κ3) is 4.24. The third-order valence-corrected chi connectivity index (χ3v) is 5.22. The highest BCUT2D eigenvalue weighted by Gasteiger charge is 2.43. The van der Waals surface area contributed by atoms with E-state index < -0.39 is 5.60 Å². The number of likely N-dealkylation sites (tertiary alicyclic amines) is 1. The van der Waals surface area contributed by atoms with Crippen molar-refractivity contribution >= 4 is 23.6 Å². The van der Waals surface area contributed by atoms with Crippen LogP contribution in [0.4, 0.5) is 4.79 Å². The van der Waals surface area contributed by atoms with Crippen LogP contribution in [0.5, 0.6) is 0 Å². The van der Waals surface area contributed by atoms with E-state index in [0.717, 1.165) is 11.1 Å². The lowest BCUT2D eigenvalue weighted by Crippen LogP contribution is -2.52. The Morgan fingerprint density at radius 2 is 1.96 bits per heavy atom. The number of hydrogen-bond acceptors (Lipinski definition) is 5. The van der Waals surface area contributed by atoms with Crippen molar-refractivity contribution in [3.63, 3.8) is 0 Å². The van der Waals surface area contributed by atoms with Crippen LogP contribution < -0.4 is 11.1 Å². The number of Topliss-reactive ketones (excluding diaryl/α,β-unsaturated/α-hetero) is 1. The number of nitrogens with zero attached hydrogens (tertiary/aromatic N) is 2. The van der Waals surface area contributed by atoms with Gasteiger partial charge in [0.05, 0.1) is 12.6 Å². The number of benzene rings is 1. The van der Waals surface area contributed by atoms with Gasteiger partial charge < -0.3 is 20.7 Å². The Hall–Kier alpha value is -3.09. The fourth-order valence-electron chi connectivity index (χ4n) is 3.50. The maximum absolute atomic E-state index is 12.5. The molecular weight excluding hydrogens is 356 g/mol. The van der Waals surface area contributed by atoms with Gasteiger partial charge in [-0.1, -0.05) is 30.3 Å². The number of carbonyl (C=O) groups is 2. The number of ether oxygens (including phenoxy) is 1. The summed E-state index contributed by atoms with van der Waals surface area (Å²) in [7, 11) is 1.60. The molecule has 1 fully saturated rings. The number of nitrogens with two attached hydrogens (primary N) is 1. The van der Waals surface area contributed by atoms with E-state index in [1.807, 2.05) is 37.3 Å². The molecule has 28 heavy (non-hydrogen) atoms. The minimum atomic E-state index is -0.608. The van der Waals surface area contributed by atoms with Crippen molar-refractivity contribution in [3.05, 3.63) is 53.6 Å². The summed E-state index contributed by atoms with van der Waals surface area (Å²) in [5.41, 5.74) is 7.38. The van der Waals surface area contributed by atoms with Gasteiger partial charge in [-0.3, -0.25) is 9.79 Å². The molecule has 1 aromatic rings. The molecule has 7 nitrogen and oxygen atoms in total. The number of rotatable bonds is 3. The smallest absolute Gasteiger partial charge is 0.321 e. The quantitative estimate of drug-likeness (QED) is 0.785. The van der Waals surface area contributed by atoms with E-state index in [-0.39, 0.29) is 23.9 Å². The Kier molecular flexibility index (Phi) is 5.82. The van der Waals surface area contributed by atoms with Gasteiger partial charge in [-0.2, -0.15) is 0 Å². The van der Waals surface area contributed by atoms with Crippen LogP contribution in [0.1, 0.15) is 31.7 Å². The second-order valence-corrected chi connectivity index (χ2v) is 7.18.